The van der Waals surface area contributed by atoms with Gasteiger partial charge < -0.3 is 4.74 Å². The number of benzene rings is 2. The lowest BCUT2D eigenvalue weighted by Crippen LogP contribution is -2.26. The van der Waals surface area contributed by atoms with Gasteiger partial charge in [0.2, 0.25) is 0 Å². The molecule has 1 fully saturated rings. The third-order valence-corrected chi connectivity index (χ3v) is 7.12. The average molecular weight is 461 g/mol. The van der Waals surface area contributed by atoms with Crippen LogP contribution in [0.4, 0.5) is 17.6 Å². The number of hydrogen-bond donors (Lipinski definition) is 0. The van der Waals surface area contributed by atoms with E-state index in [0.717, 1.165) is 32.1 Å². The van der Waals surface area contributed by atoms with Crippen LogP contribution in [0.25, 0.3) is 11.1 Å². The van der Waals surface area contributed by atoms with Crippen LogP contribution in [0.3, 0.4) is 0 Å². The molecule has 1 aliphatic carbocycles. The lowest BCUT2D eigenvalue weighted by Gasteiger charge is -2.30. The van der Waals surface area contributed by atoms with Gasteiger partial charge in [-0.15, -0.1) is 6.58 Å². The fraction of sp³-hybridized carbons (Fsp3) is 0.500. The summed E-state index contributed by atoms with van der Waals surface area (Å²) in [5.74, 6) is -1.09. The van der Waals surface area contributed by atoms with E-state index in [2.05, 4.69) is 6.58 Å². The van der Waals surface area contributed by atoms with Crippen molar-refractivity contribution in [2.24, 2.45) is 5.92 Å². The molecule has 2 aromatic carbocycles. The fourth-order valence-corrected chi connectivity index (χ4v) is 5.21. The number of fused-ring (bicyclic) bond motifs is 3. The number of aryl methyl sites for hydroxylation is 2. The summed E-state index contributed by atoms with van der Waals surface area (Å²) < 4.78 is 66.4. The van der Waals surface area contributed by atoms with Gasteiger partial charge >= 0.3 is 0 Å². The number of alkyl halides is 2. The maximum Gasteiger partial charge on any atom is 0.164 e. The van der Waals surface area contributed by atoms with Crippen LogP contribution in [0, 0.1) is 17.6 Å². The first-order chi connectivity index (χ1) is 16.0. The van der Waals surface area contributed by atoms with E-state index < -0.39 is 24.0 Å². The highest BCUT2D eigenvalue weighted by Gasteiger charge is 2.39. The maximum absolute atomic E-state index is 15.4. The first kappa shape index (κ1) is 24.0. The highest BCUT2D eigenvalue weighted by molar-refractivity contribution is 5.76. The molecule has 1 heterocycles. The number of ether oxygens (including phenoxy) is 1. The fourth-order valence-electron chi connectivity index (χ4n) is 5.21. The molecule has 1 saturated heterocycles. The van der Waals surface area contributed by atoms with Crippen molar-refractivity contribution >= 4 is 0 Å². The minimum Gasteiger partial charge on any atom is -0.378 e. The number of halogens is 4. The predicted molar refractivity (Wildman–Crippen MR) is 124 cm³/mol. The molecule has 0 saturated carbocycles. The predicted octanol–water partition coefficient (Wildman–Crippen LogP) is 8.31. The first-order valence-corrected chi connectivity index (χ1v) is 12.1. The molecule has 4 atom stereocenters. The summed E-state index contributed by atoms with van der Waals surface area (Å²) in [5.41, 5.74) is 0.691. The zero-order valence-electron chi connectivity index (χ0n) is 19.2. The summed E-state index contributed by atoms with van der Waals surface area (Å²) in [5, 5.41) is 0. The molecule has 0 radical (unpaired) electrons. The zero-order chi connectivity index (χ0) is 23.5. The Labute approximate surface area is 193 Å². The van der Waals surface area contributed by atoms with E-state index in [0.29, 0.717) is 42.9 Å². The monoisotopic (exact) mass is 460 g/mol. The Kier molecular flexibility index (Phi) is 7.58. The van der Waals surface area contributed by atoms with Crippen LogP contribution in [0.1, 0.15) is 80.0 Å². The zero-order valence-corrected chi connectivity index (χ0v) is 19.2. The molecule has 1 nitrogen and oxygen atoms in total. The van der Waals surface area contributed by atoms with Gasteiger partial charge in [-0.05, 0) is 73.1 Å². The summed E-state index contributed by atoms with van der Waals surface area (Å²) in [4.78, 5) is 0. The second-order valence-corrected chi connectivity index (χ2v) is 9.36. The molecule has 2 aliphatic rings. The number of hydrogen-bond acceptors (Lipinski definition) is 1. The normalized spacial score (nSPS) is 24.3. The van der Waals surface area contributed by atoms with Crippen molar-refractivity contribution < 1.29 is 22.3 Å². The largest absolute Gasteiger partial charge is 0.378 e. The molecular weight excluding hydrogens is 428 g/mol. The van der Waals surface area contributed by atoms with Gasteiger partial charge in [-0.1, -0.05) is 43.7 Å². The smallest absolute Gasteiger partial charge is 0.164 e. The Hall–Kier alpha value is -2.14. The Morgan fingerprint density at radius 1 is 0.909 bits per heavy atom. The van der Waals surface area contributed by atoms with Crippen LogP contribution in [-0.4, -0.2) is 12.7 Å². The maximum atomic E-state index is 15.4. The Morgan fingerprint density at radius 2 is 1.52 bits per heavy atom. The Morgan fingerprint density at radius 3 is 2.03 bits per heavy atom. The summed E-state index contributed by atoms with van der Waals surface area (Å²) in [6.45, 7) is 6.28. The van der Waals surface area contributed by atoms with E-state index in [1.165, 1.54) is 0 Å². The van der Waals surface area contributed by atoms with E-state index in [-0.39, 0.29) is 28.4 Å². The molecule has 5 heteroatoms. The highest BCUT2D eigenvalue weighted by Crippen LogP contribution is 2.51. The van der Waals surface area contributed by atoms with Crippen molar-refractivity contribution in [3.05, 3.63) is 70.8 Å². The van der Waals surface area contributed by atoms with Gasteiger partial charge in [0.15, 0.2) is 12.3 Å². The molecule has 0 bridgehead atoms. The Balaban J connectivity index is 1.53. The van der Waals surface area contributed by atoms with Crippen molar-refractivity contribution in [2.75, 3.05) is 6.61 Å². The Bertz CT molecular complexity index is 994. The molecule has 0 aromatic heterocycles. The summed E-state index contributed by atoms with van der Waals surface area (Å²) in [6.07, 6.45) is 3.92. The van der Waals surface area contributed by atoms with Gasteiger partial charge in [0.05, 0.1) is 6.10 Å². The third-order valence-electron chi connectivity index (χ3n) is 7.12. The molecule has 0 amide bonds. The van der Waals surface area contributed by atoms with Gasteiger partial charge in [0, 0.05) is 17.7 Å². The molecule has 1 aliphatic heterocycles. The van der Waals surface area contributed by atoms with Gasteiger partial charge in [-0.25, -0.2) is 17.6 Å². The van der Waals surface area contributed by atoms with Crippen LogP contribution in [0.15, 0.2) is 36.9 Å². The summed E-state index contributed by atoms with van der Waals surface area (Å²) in [7, 11) is 0. The van der Waals surface area contributed by atoms with E-state index in [1.807, 2.05) is 13.0 Å². The van der Waals surface area contributed by atoms with Crippen molar-refractivity contribution in [3.63, 3.8) is 0 Å². The molecule has 0 spiro atoms. The molecule has 2 aromatic rings. The number of rotatable bonds is 8. The van der Waals surface area contributed by atoms with Gasteiger partial charge in [0.1, 0.15) is 11.6 Å². The first-order valence-electron chi connectivity index (χ1n) is 12.1. The quantitative estimate of drug-likeness (QED) is 0.284. The van der Waals surface area contributed by atoms with E-state index in [9.17, 15) is 4.39 Å². The topological polar surface area (TPSA) is 9.23 Å². The summed E-state index contributed by atoms with van der Waals surface area (Å²) >= 11 is 0. The van der Waals surface area contributed by atoms with Crippen LogP contribution in [0.5, 0.6) is 0 Å². The van der Waals surface area contributed by atoms with Gasteiger partial charge in [-0.2, -0.15) is 0 Å². The highest BCUT2D eigenvalue weighted by atomic mass is 19.2. The SMILES string of the molecule is C=CCCC1CCC(CCc2ccc3c(c2F)C(F)C(F)c2c-3ccc(CCC)c2F)CO1. The van der Waals surface area contributed by atoms with Crippen LogP contribution < -0.4 is 0 Å². The van der Waals surface area contributed by atoms with Crippen molar-refractivity contribution in [1.82, 2.24) is 0 Å². The van der Waals surface area contributed by atoms with Crippen molar-refractivity contribution in [1.29, 1.82) is 0 Å². The number of allylic oxidation sites excluding steroid dienone is 1. The van der Waals surface area contributed by atoms with E-state index in [1.54, 1.807) is 24.3 Å². The molecule has 4 rings (SSSR count). The van der Waals surface area contributed by atoms with Crippen LogP contribution in [0.2, 0.25) is 0 Å². The lowest BCUT2D eigenvalue weighted by molar-refractivity contribution is -0.0210. The molecule has 178 valence electrons. The van der Waals surface area contributed by atoms with E-state index in [4.69, 9.17) is 4.74 Å². The van der Waals surface area contributed by atoms with Crippen LogP contribution in [-0.2, 0) is 17.6 Å². The lowest BCUT2D eigenvalue weighted by atomic mass is 9.80. The molecule has 0 N–H and O–H groups in total. The van der Waals surface area contributed by atoms with Crippen molar-refractivity contribution in [3.8, 4) is 11.1 Å². The van der Waals surface area contributed by atoms with Gasteiger partial charge in [-0.3, -0.25) is 0 Å². The summed E-state index contributed by atoms with van der Waals surface area (Å²) in [6, 6.07) is 6.45. The third kappa shape index (κ3) is 4.75. The minimum absolute atomic E-state index is 0.250. The molecule has 4 unspecified atom stereocenters. The second kappa shape index (κ2) is 10.4. The second-order valence-electron chi connectivity index (χ2n) is 9.36. The van der Waals surface area contributed by atoms with E-state index >= 15 is 13.2 Å². The minimum atomic E-state index is -2.22. The standard InChI is InChI=1S/C28H32F4O/c1-3-5-7-20-13-9-17(16-33-20)8-10-19-12-15-22-21-14-11-18(6-4-2)25(29)23(21)27(31)28(32)24(22)26(19)30/h3,11-12,14-15,17,20,27-28H,1,4-10,13,16H2,2H3. The van der Waals surface area contributed by atoms with Crippen LogP contribution >= 0.6 is 0 Å². The van der Waals surface area contributed by atoms with Gasteiger partial charge in [0.25, 0.3) is 0 Å². The van der Waals surface area contributed by atoms with Crippen molar-refractivity contribution in [2.45, 2.75) is 76.7 Å². The molecular formula is C28H32F4O. The molecule has 33 heavy (non-hydrogen) atoms. The average Bonchev–Trinajstić information content (AvgIpc) is 2.82.